The Kier molecular flexibility index (Phi) is 6.63. The molecule has 2 unspecified atom stereocenters. The van der Waals surface area contributed by atoms with Crippen molar-refractivity contribution in [3.05, 3.63) is 23.3 Å². The van der Waals surface area contributed by atoms with Crippen LogP contribution in [0, 0.1) is 17.8 Å². The van der Waals surface area contributed by atoms with E-state index in [0.717, 1.165) is 17.8 Å². The van der Waals surface area contributed by atoms with Crippen LogP contribution in [0.3, 0.4) is 0 Å². The van der Waals surface area contributed by atoms with Gasteiger partial charge in [0.05, 0.1) is 0 Å². The second-order valence-corrected chi connectivity index (χ2v) is 5.00. The van der Waals surface area contributed by atoms with Crippen LogP contribution < -0.4 is 0 Å². The highest BCUT2D eigenvalue weighted by Crippen LogP contribution is 2.26. The van der Waals surface area contributed by atoms with E-state index in [-0.39, 0.29) is 0 Å². The lowest BCUT2D eigenvalue weighted by atomic mass is 9.82. The quantitative estimate of drug-likeness (QED) is 0.544. The summed E-state index contributed by atoms with van der Waals surface area (Å²) in [4.78, 5) is 0. The summed E-state index contributed by atoms with van der Waals surface area (Å²) in [5.41, 5.74) is 2.85. The third-order valence-corrected chi connectivity index (χ3v) is 3.72. The summed E-state index contributed by atoms with van der Waals surface area (Å²) in [5.74, 6) is 2.26. The van der Waals surface area contributed by atoms with Crippen LogP contribution in [0.2, 0.25) is 0 Å². The van der Waals surface area contributed by atoms with E-state index in [4.69, 9.17) is 0 Å². The molecule has 0 aliphatic carbocycles. The molecule has 0 radical (unpaired) electrons. The maximum Gasteiger partial charge on any atom is -0.0202 e. The molecule has 0 spiro atoms. The minimum Gasteiger partial charge on any atom is -0.0845 e. The lowest BCUT2D eigenvalue weighted by Crippen LogP contribution is -2.15. The number of hydrogen-bond donors (Lipinski definition) is 0. The zero-order chi connectivity index (χ0) is 12.0. The first kappa shape index (κ1) is 14.5. The molecule has 15 heavy (non-hydrogen) atoms. The molecule has 0 aliphatic rings. The van der Waals surface area contributed by atoms with Gasteiger partial charge in [0.15, 0.2) is 0 Å². The van der Waals surface area contributed by atoms with E-state index in [9.17, 15) is 0 Å². The molecule has 0 heteroatoms. The standard InChI is InChI=1S/C15H28/c1-8-12(5)13(6)10-15(9-2)14(7)11(3)4/h8,10-11,14-15H,9H2,1-7H3. The van der Waals surface area contributed by atoms with E-state index < -0.39 is 0 Å². The Morgan fingerprint density at radius 2 is 1.60 bits per heavy atom. The van der Waals surface area contributed by atoms with Gasteiger partial charge in [-0.3, -0.25) is 0 Å². The van der Waals surface area contributed by atoms with Crippen molar-refractivity contribution in [1.82, 2.24) is 0 Å². The van der Waals surface area contributed by atoms with Crippen LogP contribution in [0.5, 0.6) is 0 Å². The average molecular weight is 208 g/mol. The normalized spacial score (nSPS) is 18.1. The van der Waals surface area contributed by atoms with Gasteiger partial charge in [-0.2, -0.15) is 0 Å². The summed E-state index contributed by atoms with van der Waals surface area (Å²) in [6.45, 7) is 15.8. The summed E-state index contributed by atoms with van der Waals surface area (Å²) in [5, 5.41) is 0. The van der Waals surface area contributed by atoms with Gasteiger partial charge < -0.3 is 0 Å². The van der Waals surface area contributed by atoms with Crippen LogP contribution in [0.25, 0.3) is 0 Å². The Morgan fingerprint density at radius 3 is 1.93 bits per heavy atom. The third kappa shape index (κ3) is 4.68. The molecule has 0 rings (SSSR count). The lowest BCUT2D eigenvalue weighted by Gasteiger charge is -2.24. The van der Waals surface area contributed by atoms with Crippen molar-refractivity contribution < 1.29 is 0 Å². The van der Waals surface area contributed by atoms with Crippen LogP contribution >= 0.6 is 0 Å². The van der Waals surface area contributed by atoms with E-state index >= 15 is 0 Å². The van der Waals surface area contributed by atoms with E-state index in [2.05, 4.69) is 60.6 Å². The zero-order valence-corrected chi connectivity index (χ0v) is 11.6. The zero-order valence-electron chi connectivity index (χ0n) is 11.6. The molecule has 0 heterocycles. The summed E-state index contributed by atoms with van der Waals surface area (Å²) in [7, 11) is 0. The molecular formula is C15H28. The number of rotatable bonds is 5. The Hall–Kier alpha value is -0.520. The largest absolute Gasteiger partial charge is 0.0845 e. The molecule has 0 aromatic rings. The van der Waals surface area contributed by atoms with E-state index in [1.165, 1.54) is 17.6 Å². The van der Waals surface area contributed by atoms with Gasteiger partial charge in [-0.15, -0.1) is 0 Å². The highest BCUT2D eigenvalue weighted by atomic mass is 14.2. The van der Waals surface area contributed by atoms with Gasteiger partial charge in [0.1, 0.15) is 0 Å². The van der Waals surface area contributed by atoms with Gasteiger partial charge in [0, 0.05) is 0 Å². The number of allylic oxidation sites excluding steroid dienone is 4. The van der Waals surface area contributed by atoms with Crippen molar-refractivity contribution in [1.29, 1.82) is 0 Å². The Bertz CT molecular complexity index is 230. The van der Waals surface area contributed by atoms with E-state index in [0.29, 0.717) is 0 Å². The summed E-state index contributed by atoms with van der Waals surface area (Å²) >= 11 is 0. The molecule has 0 aromatic carbocycles. The second-order valence-electron chi connectivity index (χ2n) is 5.00. The van der Waals surface area contributed by atoms with Crippen molar-refractivity contribution in [2.75, 3.05) is 0 Å². The second kappa shape index (κ2) is 6.87. The van der Waals surface area contributed by atoms with Gasteiger partial charge in [0.25, 0.3) is 0 Å². The monoisotopic (exact) mass is 208 g/mol. The minimum absolute atomic E-state index is 0.722. The SMILES string of the molecule is CC=C(C)C(C)=CC(CC)C(C)C(C)C. The van der Waals surface area contributed by atoms with Crippen molar-refractivity contribution in [3.8, 4) is 0 Å². The van der Waals surface area contributed by atoms with Gasteiger partial charge in [-0.25, -0.2) is 0 Å². The molecule has 0 saturated carbocycles. The molecule has 0 fully saturated rings. The van der Waals surface area contributed by atoms with Gasteiger partial charge in [-0.1, -0.05) is 51.0 Å². The average Bonchev–Trinajstić information content (AvgIpc) is 2.22. The van der Waals surface area contributed by atoms with Crippen LogP contribution in [-0.2, 0) is 0 Å². The van der Waals surface area contributed by atoms with Crippen molar-refractivity contribution in [3.63, 3.8) is 0 Å². The Morgan fingerprint density at radius 1 is 1.07 bits per heavy atom. The highest BCUT2D eigenvalue weighted by molar-refractivity contribution is 5.27. The van der Waals surface area contributed by atoms with Crippen LogP contribution in [0.15, 0.2) is 23.3 Å². The van der Waals surface area contributed by atoms with E-state index in [1.807, 2.05) is 0 Å². The highest BCUT2D eigenvalue weighted by Gasteiger charge is 2.16. The van der Waals surface area contributed by atoms with Crippen LogP contribution in [-0.4, -0.2) is 0 Å². The maximum atomic E-state index is 2.46. The molecule has 0 aromatic heterocycles. The molecule has 2 atom stereocenters. The molecule has 0 saturated heterocycles. The minimum atomic E-state index is 0.722. The molecule has 0 nitrogen and oxygen atoms in total. The third-order valence-electron chi connectivity index (χ3n) is 3.72. The summed E-state index contributed by atoms with van der Waals surface area (Å²) in [6.07, 6.45) is 5.90. The molecule has 0 amide bonds. The van der Waals surface area contributed by atoms with Gasteiger partial charge in [-0.05, 0) is 44.9 Å². The lowest BCUT2D eigenvalue weighted by molar-refractivity contribution is 0.316. The van der Waals surface area contributed by atoms with Crippen LogP contribution in [0.4, 0.5) is 0 Å². The molecular weight excluding hydrogens is 180 g/mol. The fraction of sp³-hybridized carbons (Fsp3) is 0.733. The van der Waals surface area contributed by atoms with Crippen LogP contribution in [0.1, 0.15) is 54.9 Å². The maximum absolute atomic E-state index is 2.46. The summed E-state index contributed by atoms with van der Waals surface area (Å²) in [6, 6.07) is 0. The van der Waals surface area contributed by atoms with Crippen molar-refractivity contribution in [2.45, 2.75) is 54.9 Å². The van der Waals surface area contributed by atoms with E-state index in [1.54, 1.807) is 0 Å². The molecule has 0 N–H and O–H groups in total. The molecule has 0 bridgehead atoms. The Balaban J connectivity index is 4.71. The first-order chi connectivity index (χ1) is 6.93. The summed E-state index contributed by atoms with van der Waals surface area (Å²) < 4.78 is 0. The van der Waals surface area contributed by atoms with Gasteiger partial charge >= 0.3 is 0 Å². The first-order valence-corrected chi connectivity index (χ1v) is 6.25. The fourth-order valence-corrected chi connectivity index (χ4v) is 1.82. The van der Waals surface area contributed by atoms with Gasteiger partial charge in [0.2, 0.25) is 0 Å². The Labute approximate surface area is 96.5 Å². The fourth-order valence-electron chi connectivity index (χ4n) is 1.82. The topological polar surface area (TPSA) is 0 Å². The smallest absolute Gasteiger partial charge is 0.0202 e. The van der Waals surface area contributed by atoms with Crippen molar-refractivity contribution in [2.24, 2.45) is 17.8 Å². The predicted octanol–water partition coefficient (Wildman–Crippen LogP) is 5.22. The first-order valence-electron chi connectivity index (χ1n) is 6.25. The number of hydrogen-bond acceptors (Lipinski definition) is 0. The molecule has 88 valence electrons. The molecule has 0 aliphatic heterocycles. The van der Waals surface area contributed by atoms with Crippen molar-refractivity contribution >= 4 is 0 Å². The predicted molar refractivity (Wildman–Crippen MR) is 71.0 cm³/mol.